The summed E-state index contributed by atoms with van der Waals surface area (Å²) in [6.45, 7) is 16.9. The van der Waals surface area contributed by atoms with Crippen molar-refractivity contribution in [3.63, 3.8) is 0 Å². The van der Waals surface area contributed by atoms with E-state index >= 15 is 0 Å². The molecule has 0 spiro atoms. The van der Waals surface area contributed by atoms with E-state index in [1.807, 2.05) is 0 Å². The lowest BCUT2D eigenvalue weighted by atomic mass is 9.47. The lowest BCUT2D eigenvalue weighted by Gasteiger charge is -2.58. The highest BCUT2D eigenvalue weighted by atomic mass is 16.5. The second-order valence-electron chi connectivity index (χ2n) is 14.0. The minimum absolute atomic E-state index is 0.436. The van der Waals surface area contributed by atoms with E-state index in [0.29, 0.717) is 16.9 Å². The van der Waals surface area contributed by atoms with Crippen molar-refractivity contribution in [1.29, 1.82) is 0 Å². The normalized spacial score (nSPS) is 40.6. The Morgan fingerprint density at radius 2 is 1.77 bits per heavy atom. The molecule has 35 heavy (non-hydrogen) atoms. The molecule has 0 aliphatic heterocycles. The molecule has 2 nitrogen and oxygen atoms in total. The molecule has 0 aromatic heterocycles. The van der Waals surface area contributed by atoms with E-state index in [1.54, 1.807) is 12.7 Å². The molecule has 0 aromatic rings. The molecule has 202 valence electrons. The Morgan fingerprint density at radius 3 is 2.49 bits per heavy atom. The smallest absolute Gasteiger partial charge is 0.0612 e. The first-order valence-corrected chi connectivity index (χ1v) is 15.5. The molecule has 4 rings (SSSR count). The van der Waals surface area contributed by atoms with Crippen molar-refractivity contribution in [2.24, 2.45) is 52.3 Å². The van der Waals surface area contributed by atoms with Gasteiger partial charge in [-0.05, 0) is 116 Å². The summed E-state index contributed by atoms with van der Waals surface area (Å²) in [7, 11) is 1.78. The van der Waals surface area contributed by atoms with Gasteiger partial charge in [0.15, 0.2) is 0 Å². The number of allylic oxidation sites excluding steroid dienone is 1. The van der Waals surface area contributed by atoms with E-state index in [9.17, 15) is 0 Å². The third kappa shape index (κ3) is 5.45. The molecule has 0 N–H and O–H groups in total. The predicted octanol–water partition coefficient (Wildman–Crippen LogP) is 9.09. The lowest BCUT2D eigenvalue weighted by molar-refractivity contribution is -0.0648. The molecule has 0 heterocycles. The average Bonchev–Trinajstić information content (AvgIpc) is 3.19. The molecule has 0 radical (unpaired) electrons. The minimum atomic E-state index is 0.436. The summed E-state index contributed by atoms with van der Waals surface area (Å²) in [6.07, 6.45) is 19.5. The van der Waals surface area contributed by atoms with Gasteiger partial charge in [0.1, 0.15) is 0 Å². The SMILES string of the molecule is CC[C@H](CCC(C)[C@H]1CC[C@H]2[C@@H]3CC=C4CC(OCCCOC)CC[C@]4(C)[C@H]3CC[C@]12C)C(C)C. The van der Waals surface area contributed by atoms with Crippen molar-refractivity contribution >= 4 is 0 Å². The van der Waals surface area contributed by atoms with Crippen LogP contribution in [0.2, 0.25) is 0 Å². The highest BCUT2D eigenvalue weighted by molar-refractivity contribution is 5.25. The summed E-state index contributed by atoms with van der Waals surface area (Å²) in [5.41, 5.74) is 2.78. The number of rotatable bonds is 11. The van der Waals surface area contributed by atoms with E-state index in [-0.39, 0.29) is 0 Å². The van der Waals surface area contributed by atoms with E-state index in [1.165, 1.54) is 70.6 Å². The minimum Gasteiger partial charge on any atom is -0.385 e. The van der Waals surface area contributed by atoms with Gasteiger partial charge in [-0.3, -0.25) is 0 Å². The van der Waals surface area contributed by atoms with Gasteiger partial charge in [0.25, 0.3) is 0 Å². The molecule has 9 atom stereocenters. The summed E-state index contributed by atoms with van der Waals surface area (Å²) in [5, 5.41) is 0. The van der Waals surface area contributed by atoms with Crippen molar-refractivity contribution in [1.82, 2.24) is 0 Å². The molecule has 2 heteroatoms. The van der Waals surface area contributed by atoms with Gasteiger partial charge in [-0.1, -0.05) is 66.0 Å². The second kappa shape index (κ2) is 11.6. The first-order chi connectivity index (χ1) is 16.7. The molecule has 4 aliphatic rings. The van der Waals surface area contributed by atoms with E-state index in [0.717, 1.165) is 61.1 Å². The van der Waals surface area contributed by atoms with Crippen molar-refractivity contribution in [2.45, 2.75) is 125 Å². The fourth-order valence-corrected chi connectivity index (χ4v) is 9.89. The van der Waals surface area contributed by atoms with Crippen LogP contribution >= 0.6 is 0 Å². The molecule has 0 amide bonds. The maximum absolute atomic E-state index is 6.28. The van der Waals surface area contributed by atoms with E-state index < -0.39 is 0 Å². The molecular formula is C33H58O2. The van der Waals surface area contributed by atoms with Crippen molar-refractivity contribution in [2.75, 3.05) is 20.3 Å². The molecule has 0 saturated heterocycles. The van der Waals surface area contributed by atoms with Crippen LogP contribution in [0.3, 0.4) is 0 Å². The Kier molecular flexibility index (Phi) is 9.17. The molecule has 3 fully saturated rings. The van der Waals surface area contributed by atoms with Gasteiger partial charge < -0.3 is 9.47 Å². The third-order valence-corrected chi connectivity index (χ3v) is 12.1. The van der Waals surface area contributed by atoms with Crippen LogP contribution in [0.15, 0.2) is 11.6 Å². The highest BCUT2D eigenvalue weighted by Crippen LogP contribution is 2.67. The molecular weight excluding hydrogens is 428 g/mol. The van der Waals surface area contributed by atoms with Gasteiger partial charge in [-0.25, -0.2) is 0 Å². The topological polar surface area (TPSA) is 18.5 Å². The fourth-order valence-electron chi connectivity index (χ4n) is 9.89. The molecule has 4 aliphatic carbocycles. The highest BCUT2D eigenvalue weighted by Gasteiger charge is 2.59. The zero-order valence-electron chi connectivity index (χ0n) is 24.4. The number of ether oxygens (including phenoxy) is 2. The summed E-state index contributed by atoms with van der Waals surface area (Å²) in [4.78, 5) is 0. The summed E-state index contributed by atoms with van der Waals surface area (Å²) in [5.74, 6) is 6.40. The Bertz CT molecular complexity index is 712. The second-order valence-corrected chi connectivity index (χ2v) is 14.0. The van der Waals surface area contributed by atoms with Crippen LogP contribution in [0.25, 0.3) is 0 Å². The Balaban J connectivity index is 1.40. The van der Waals surface area contributed by atoms with Gasteiger partial charge in [0, 0.05) is 20.3 Å². The number of hydrogen-bond donors (Lipinski definition) is 0. The standard InChI is InChI=1S/C33H58O2/c1-8-25(23(2)3)11-10-24(4)29-14-15-30-28-13-12-26-22-27(35-21-9-20-34-7)16-18-32(26,5)31(28)17-19-33(29,30)6/h12,23-25,27-31H,8-11,13-22H2,1-7H3/t24?,25-,27?,28+,29-,30+,31+,32+,33-/m1/s1. The van der Waals surface area contributed by atoms with Crippen LogP contribution in [-0.4, -0.2) is 26.4 Å². The molecule has 3 saturated carbocycles. The zero-order chi connectivity index (χ0) is 25.2. The monoisotopic (exact) mass is 486 g/mol. The van der Waals surface area contributed by atoms with E-state index in [2.05, 4.69) is 47.6 Å². The Hall–Kier alpha value is -0.340. The quantitative estimate of drug-likeness (QED) is 0.214. The average molecular weight is 487 g/mol. The summed E-state index contributed by atoms with van der Waals surface area (Å²) >= 11 is 0. The predicted molar refractivity (Wildman–Crippen MR) is 148 cm³/mol. The largest absolute Gasteiger partial charge is 0.385 e. The number of hydrogen-bond acceptors (Lipinski definition) is 2. The molecule has 0 bridgehead atoms. The third-order valence-electron chi connectivity index (χ3n) is 12.1. The van der Waals surface area contributed by atoms with Gasteiger partial charge >= 0.3 is 0 Å². The van der Waals surface area contributed by atoms with Crippen LogP contribution in [0.4, 0.5) is 0 Å². The molecule has 0 aromatic carbocycles. The zero-order valence-corrected chi connectivity index (χ0v) is 24.4. The first kappa shape index (κ1) is 27.7. The summed E-state index contributed by atoms with van der Waals surface area (Å²) in [6, 6.07) is 0. The summed E-state index contributed by atoms with van der Waals surface area (Å²) < 4.78 is 11.5. The number of fused-ring (bicyclic) bond motifs is 5. The van der Waals surface area contributed by atoms with Crippen LogP contribution in [-0.2, 0) is 9.47 Å². The Morgan fingerprint density at radius 1 is 0.971 bits per heavy atom. The fraction of sp³-hybridized carbons (Fsp3) is 0.939. The van der Waals surface area contributed by atoms with Crippen molar-refractivity contribution in [3.05, 3.63) is 11.6 Å². The van der Waals surface area contributed by atoms with Gasteiger partial charge in [0.05, 0.1) is 6.10 Å². The van der Waals surface area contributed by atoms with Crippen LogP contribution in [0, 0.1) is 52.3 Å². The van der Waals surface area contributed by atoms with Gasteiger partial charge in [-0.15, -0.1) is 0 Å². The van der Waals surface area contributed by atoms with Crippen LogP contribution in [0.1, 0.15) is 119 Å². The van der Waals surface area contributed by atoms with Gasteiger partial charge in [-0.2, -0.15) is 0 Å². The maximum Gasteiger partial charge on any atom is 0.0612 e. The first-order valence-electron chi connectivity index (χ1n) is 15.5. The lowest BCUT2D eigenvalue weighted by Crippen LogP contribution is -2.51. The Labute approximate surface area is 218 Å². The van der Waals surface area contributed by atoms with Crippen molar-refractivity contribution in [3.8, 4) is 0 Å². The molecule has 2 unspecified atom stereocenters. The van der Waals surface area contributed by atoms with Crippen LogP contribution < -0.4 is 0 Å². The van der Waals surface area contributed by atoms with Crippen LogP contribution in [0.5, 0.6) is 0 Å². The van der Waals surface area contributed by atoms with Crippen molar-refractivity contribution < 1.29 is 9.47 Å². The van der Waals surface area contributed by atoms with E-state index in [4.69, 9.17) is 9.47 Å². The van der Waals surface area contributed by atoms with Gasteiger partial charge in [0.2, 0.25) is 0 Å². The maximum atomic E-state index is 6.28. The number of methoxy groups -OCH3 is 1.